The maximum absolute atomic E-state index is 11.5. The molecule has 1 aliphatic rings. The number of hydrogen-bond acceptors (Lipinski definition) is 2. The van der Waals surface area contributed by atoms with E-state index in [1.165, 1.54) is 0 Å². The molecule has 0 spiro atoms. The van der Waals surface area contributed by atoms with Crippen LogP contribution in [0, 0.1) is 12.8 Å². The largest absolute Gasteiger partial charge is 0.354 e. The molecule has 4 nitrogen and oxygen atoms in total. The molecule has 0 aliphatic heterocycles. The summed E-state index contributed by atoms with van der Waals surface area (Å²) >= 11 is 0. The van der Waals surface area contributed by atoms with Crippen LogP contribution in [0.25, 0.3) is 11.0 Å². The first kappa shape index (κ1) is 11.3. The summed E-state index contributed by atoms with van der Waals surface area (Å²) in [6.07, 6.45) is 2.11. The summed E-state index contributed by atoms with van der Waals surface area (Å²) in [5, 5.41) is 2.99. The molecule has 0 unspecified atom stereocenters. The third-order valence-electron chi connectivity index (χ3n) is 3.43. The Labute approximate surface area is 106 Å². The van der Waals surface area contributed by atoms with E-state index in [1.807, 2.05) is 25.1 Å². The standard InChI is InChI=1S/C14H17N3O/c1-10-16-12-4-2-3-5-13(12)17(10)9-8-15-14(18)11-6-7-11/h2-5,11H,6-9H2,1H3,(H,15,18). The SMILES string of the molecule is Cc1nc2ccccc2n1CCNC(=O)C1CC1. The second-order valence-corrected chi connectivity index (χ2v) is 4.86. The lowest BCUT2D eigenvalue weighted by molar-refractivity contribution is -0.122. The molecule has 3 rings (SSSR count). The van der Waals surface area contributed by atoms with Crippen molar-refractivity contribution in [3.8, 4) is 0 Å². The number of aryl methyl sites for hydroxylation is 1. The first-order valence-electron chi connectivity index (χ1n) is 6.45. The molecule has 94 valence electrons. The maximum atomic E-state index is 11.5. The summed E-state index contributed by atoms with van der Waals surface area (Å²) in [6.45, 7) is 3.46. The zero-order chi connectivity index (χ0) is 12.5. The molecular formula is C14H17N3O. The highest BCUT2D eigenvalue weighted by Gasteiger charge is 2.29. The molecule has 1 amide bonds. The molecule has 18 heavy (non-hydrogen) atoms. The Balaban J connectivity index is 1.69. The van der Waals surface area contributed by atoms with E-state index in [0.29, 0.717) is 6.54 Å². The molecule has 0 radical (unpaired) electrons. The Morgan fingerprint density at radius 2 is 2.22 bits per heavy atom. The average Bonchev–Trinajstić information content (AvgIpc) is 3.15. The lowest BCUT2D eigenvalue weighted by Gasteiger charge is -2.08. The molecule has 0 saturated heterocycles. The Bertz CT molecular complexity index is 584. The molecule has 2 aromatic rings. The third kappa shape index (κ3) is 2.10. The van der Waals surface area contributed by atoms with E-state index >= 15 is 0 Å². The van der Waals surface area contributed by atoms with E-state index in [1.54, 1.807) is 0 Å². The molecular weight excluding hydrogens is 226 g/mol. The molecule has 1 aliphatic carbocycles. The number of nitrogens with zero attached hydrogens (tertiary/aromatic N) is 2. The zero-order valence-corrected chi connectivity index (χ0v) is 10.5. The number of rotatable bonds is 4. The molecule has 1 aromatic heterocycles. The molecule has 4 heteroatoms. The Morgan fingerprint density at radius 3 is 3.00 bits per heavy atom. The fraction of sp³-hybridized carbons (Fsp3) is 0.429. The average molecular weight is 243 g/mol. The monoisotopic (exact) mass is 243 g/mol. The van der Waals surface area contributed by atoms with Crippen LogP contribution in [-0.2, 0) is 11.3 Å². The predicted octanol–water partition coefficient (Wildman–Crippen LogP) is 1.87. The lowest BCUT2D eigenvalue weighted by atomic mass is 10.3. The summed E-state index contributed by atoms with van der Waals surface area (Å²) in [4.78, 5) is 16.1. The summed E-state index contributed by atoms with van der Waals surface area (Å²) in [6, 6.07) is 8.09. The van der Waals surface area contributed by atoms with Crippen molar-refractivity contribution in [1.82, 2.24) is 14.9 Å². The van der Waals surface area contributed by atoms with Crippen LogP contribution in [-0.4, -0.2) is 22.0 Å². The van der Waals surface area contributed by atoms with Crippen LogP contribution in [0.1, 0.15) is 18.7 Å². The Morgan fingerprint density at radius 1 is 1.44 bits per heavy atom. The molecule has 1 saturated carbocycles. The molecule has 0 bridgehead atoms. The van der Waals surface area contributed by atoms with Gasteiger partial charge in [-0.3, -0.25) is 4.79 Å². The van der Waals surface area contributed by atoms with Gasteiger partial charge in [-0.15, -0.1) is 0 Å². The second-order valence-electron chi connectivity index (χ2n) is 4.86. The molecule has 0 atom stereocenters. The lowest BCUT2D eigenvalue weighted by Crippen LogP contribution is -2.28. The highest BCUT2D eigenvalue weighted by atomic mass is 16.2. The van der Waals surface area contributed by atoms with Crippen molar-refractivity contribution >= 4 is 16.9 Å². The molecule has 1 N–H and O–H groups in total. The van der Waals surface area contributed by atoms with Crippen molar-refractivity contribution in [2.24, 2.45) is 5.92 Å². The normalized spacial score (nSPS) is 14.9. The van der Waals surface area contributed by atoms with Gasteiger partial charge in [0, 0.05) is 19.0 Å². The molecule has 1 fully saturated rings. The number of aromatic nitrogens is 2. The van der Waals surface area contributed by atoms with E-state index in [0.717, 1.165) is 36.2 Å². The Kier molecular flexibility index (Phi) is 2.78. The van der Waals surface area contributed by atoms with Gasteiger partial charge in [0.05, 0.1) is 11.0 Å². The van der Waals surface area contributed by atoms with Gasteiger partial charge < -0.3 is 9.88 Å². The fourth-order valence-corrected chi connectivity index (χ4v) is 2.26. The molecule has 1 aromatic carbocycles. The summed E-state index contributed by atoms with van der Waals surface area (Å²) in [5.74, 6) is 1.49. The third-order valence-corrected chi connectivity index (χ3v) is 3.43. The highest BCUT2D eigenvalue weighted by molar-refractivity contribution is 5.80. The van der Waals surface area contributed by atoms with Crippen molar-refractivity contribution in [3.05, 3.63) is 30.1 Å². The number of benzene rings is 1. The quantitative estimate of drug-likeness (QED) is 0.891. The minimum absolute atomic E-state index is 0.206. The minimum Gasteiger partial charge on any atom is -0.354 e. The molecule has 1 heterocycles. The van der Waals surface area contributed by atoms with Gasteiger partial charge in [0.15, 0.2) is 0 Å². The van der Waals surface area contributed by atoms with Gasteiger partial charge in [0.1, 0.15) is 5.82 Å². The number of carbonyl (C=O) groups is 1. The van der Waals surface area contributed by atoms with Gasteiger partial charge in [-0.1, -0.05) is 12.1 Å². The minimum atomic E-state index is 0.206. The Hall–Kier alpha value is -1.84. The van der Waals surface area contributed by atoms with E-state index in [4.69, 9.17) is 0 Å². The fourth-order valence-electron chi connectivity index (χ4n) is 2.26. The first-order chi connectivity index (χ1) is 8.75. The van der Waals surface area contributed by atoms with Crippen LogP contribution in [0.5, 0.6) is 0 Å². The van der Waals surface area contributed by atoms with Crippen LogP contribution in [0.4, 0.5) is 0 Å². The van der Waals surface area contributed by atoms with Gasteiger partial charge in [0.25, 0.3) is 0 Å². The van der Waals surface area contributed by atoms with Gasteiger partial charge in [0.2, 0.25) is 5.91 Å². The maximum Gasteiger partial charge on any atom is 0.223 e. The smallest absolute Gasteiger partial charge is 0.223 e. The van der Waals surface area contributed by atoms with E-state index in [2.05, 4.69) is 20.9 Å². The number of hydrogen-bond donors (Lipinski definition) is 1. The van der Waals surface area contributed by atoms with Gasteiger partial charge in [-0.05, 0) is 31.9 Å². The number of amides is 1. The summed E-state index contributed by atoms with van der Waals surface area (Å²) in [5.41, 5.74) is 2.15. The van der Waals surface area contributed by atoms with Gasteiger partial charge in [-0.25, -0.2) is 4.98 Å². The number of fused-ring (bicyclic) bond motifs is 1. The number of para-hydroxylation sites is 2. The number of nitrogens with one attached hydrogen (secondary N) is 1. The zero-order valence-electron chi connectivity index (χ0n) is 10.5. The van der Waals surface area contributed by atoms with Crippen LogP contribution < -0.4 is 5.32 Å². The van der Waals surface area contributed by atoms with E-state index in [-0.39, 0.29) is 11.8 Å². The van der Waals surface area contributed by atoms with Crippen molar-refractivity contribution in [2.45, 2.75) is 26.3 Å². The van der Waals surface area contributed by atoms with Gasteiger partial charge >= 0.3 is 0 Å². The van der Waals surface area contributed by atoms with Crippen molar-refractivity contribution in [1.29, 1.82) is 0 Å². The predicted molar refractivity (Wildman–Crippen MR) is 70.2 cm³/mol. The van der Waals surface area contributed by atoms with Crippen LogP contribution in [0.3, 0.4) is 0 Å². The van der Waals surface area contributed by atoms with E-state index in [9.17, 15) is 4.79 Å². The van der Waals surface area contributed by atoms with Crippen LogP contribution in [0.15, 0.2) is 24.3 Å². The topological polar surface area (TPSA) is 46.9 Å². The second kappa shape index (κ2) is 4.44. The van der Waals surface area contributed by atoms with Crippen molar-refractivity contribution in [3.63, 3.8) is 0 Å². The summed E-state index contributed by atoms with van der Waals surface area (Å²) in [7, 11) is 0. The highest BCUT2D eigenvalue weighted by Crippen LogP contribution is 2.28. The summed E-state index contributed by atoms with van der Waals surface area (Å²) < 4.78 is 2.16. The first-order valence-corrected chi connectivity index (χ1v) is 6.45. The van der Waals surface area contributed by atoms with Crippen LogP contribution in [0.2, 0.25) is 0 Å². The van der Waals surface area contributed by atoms with E-state index < -0.39 is 0 Å². The number of carbonyl (C=O) groups excluding carboxylic acids is 1. The van der Waals surface area contributed by atoms with Crippen LogP contribution >= 0.6 is 0 Å². The van der Waals surface area contributed by atoms with Crippen molar-refractivity contribution in [2.75, 3.05) is 6.54 Å². The van der Waals surface area contributed by atoms with Gasteiger partial charge in [-0.2, -0.15) is 0 Å². The number of imidazole rings is 1. The van der Waals surface area contributed by atoms with Crippen molar-refractivity contribution < 1.29 is 4.79 Å².